The van der Waals surface area contributed by atoms with Crippen LogP contribution in [-0.4, -0.2) is 5.78 Å². The van der Waals surface area contributed by atoms with Crippen LogP contribution in [0, 0.1) is 0 Å². The zero-order valence-corrected chi connectivity index (χ0v) is 12.0. The second kappa shape index (κ2) is 4.97. The summed E-state index contributed by atoms with van der Waals surface area (Å²) in [5.74, 6) is -0.0355. The molecule has 0 aliphatic carbocycles. The molecule has 1 aromatic heterocycles. The number of rotatable bonds is 2. The van der Waals surface area contributed by atoms with Crippen molar-refractivity contribution in [2.45, 2.75) is 0 Å². The third-order valence-electron chi connectivity index (χ3n) is 2.91. The summed E-state index contributed by atoms with van der Waals surface area (Å²) in [5.41, 5.74) is 1.25. The van der Waals surface area contributed by atoms with Gasteiger partial charge in [-0.1, -0.05) is 35.3 Å². The van der Waals surface area contributed by atoms with E-state index in [1.165, 1.54) is 0 Å². The molecule has 0 radical (unpaired) electrons. The normalized spacial score (nSPS) is 10.8. The molecule has 0 atom stereocenters. The van der Waals surface area contributed by atoms with Crippen molar-refractivity contribution < 1.29 is 4.79 Å². The Morgan fingerprint density at radius 3 is 2.63 bits per heavy atom. The zero-order chi connectivity index (χ0) is 13.4. The van der Waals surface area contributed by atoms with E-state index < -0.39 is 0 Å². The van der Waals surface area contributed by atoms with Gasteiger partial charge in [0.05, 0.1) is 10.0 Å². The van der Waals surface area contributed by atoms with Crippen molar-refractivity contribution in [3.05, 3.63) is 69.0 Å². The van der Waals surface area contributed by atoms with Crippen LogP contribution in [0.25, 0.3) is 10.1 Å². The van der Waals surface area contributed by atoms with E-state index in [9.17, 15) is 4.79 Å². The molecule has 19 heavy (non-hydrogen) atoms. The Morgan fingerprint density at radius 1 is 1.00 bits per heavy atom. The minimum atomic E-state index is -0.0355. The van der Waals surface area contributed by atoms with Crippen LogP contribution < -0.4 is 0 Å². The van der Waals surface area contributed by atoms with Gasteiger partial charge in [-0.15, -0.1) is 11.3 Å². The maximum atomic E-state index is 12.5. The summed E-state index contributed by atoms with van der Waals surface area (Å²) in [6.45, 7) is 0. The average Bonchev–Trinajstić information content (AvgIpc) is 2.89. The van der Waals surface area contributed by atoms with E-state index in [0.29, 0.717) is 21.2 Å². The Kier molecular flexibility index (Phi) is 3.31. The summed E-state index contributed by atoms with van der Waals surface area (Å²) in [4.78, 5) is 12.5. The molecule has 3 rings (SSSR count). The topological polar surface area (TPSA) is 17.1 Å². The van der Waals surface area contributed by atoms with E-state index in [0.717, 1.165) is 10.1 Å². The molecule has 0 saturated carbocycles. The lowest BCUT2D eigenvalue weighted by molar-refractivity contribution is 0.104. The standard InChI is InChI=1S/C15H8Cl2OS/c16-12-5-4-10(8-13(12)17)14(18)11-3-1-2-9-6-7-19-15(9)11/h1-8H. The Bertz CT molecular complexity index is 777. The van der Waals surface area contributed by atoms with Crippen LogP contribution in [0.2, 0.25) is 10.0 Å². The molecule has 0 aliphatic rings. The number of carbonyl (C=O) groups excluding carboxylic acids is 1. The molecule has 1 heterocycles. The van der Waals surface area contributed by atoms with E-state index in [1.807, 2.05) is 29.6 Å². The minimum Gasteiger partial charge on any atom is -0.289 e. The molecule has 0 aliphatic heterocycles. The smallest absolute Gasteiger partial charge is 0.194 e. The third kappa shape index (κ3) is 2.27. The lowest BCUT2D eigenvalue weighted by atomic mass is 10.0. The highest BCUT2D eigenvalue weighted by Gasteiger charge is 2.14. The molecular weight excluding hydrogens is 299 g/mol. The first-order valence-electron chi connectivity index (χ1n) is 5.63. The van der Waals surface area contributed by atoms with Gasteiger partial charge in [0, 0.05) is 15.8 Å². The summed E-state index contributed by atoms with van der Waals surface area (Å²) in [5, 5.41) is 3.91. The Hall–Kier alpha value is -1.35. The van der Waals surface area contributed by atoms with E-state index in [1.54, 1.807) is 29.5 Å². The molecule has 0 fully saturated rings. The number of carbonyl (C=O) groups is 1. The Labute approximate surface area is 124 Å². The molecule has 1 nitrogen and oxygen atoms in total. The SMILES string of the molecule is O=C(c1ccc(Cl)c(Cl)c1)c1cccc2ccsc12. The number of thiophene rings is 1. The van der Waals surface area contributed by atoms with Gasteiger partial charge in [0.1, 0.15) is 0 Å². The maximum Gasteiger partial charge on any atom is 0.194 e. The van der Waals surface area contributed by atoms with Gasteiger partial charge in [0.25, 0.3) is 0 Å². The van der Waals surface area contributed by atoms with E-state index >= 15 is 0 Å². The van der Waals surface area contributed by atoms with Gasteiger partial charge in [-0.25, -0.2) is 0 Å². The van der Waals surface area contributed by atoms with Crippen molar-refractivity contribution in [3.63, 3.8) is 0 Å². The number of ketones is 1. The fourth-order valence-electron chi connectivity index (χ4n) is 1.96. The van der Waals surface area contributed by atoms with E-state index in [4.69, 9.17) is 23.2 Å². The van der Waals surface area contributed by atoms with Crippen molar-refractivity contribution >= 4 is 50.4 Å². The van der Waals surface area contributed by atoms with Gasteiger partial charge < -0.3 is 0 Å². The van der Waals surface area contributed by atoms with Gasteiger partial charge in [-0.2, -0.15) is 0 Å². The van der Waals surface area contributed by atoms with Crippen molar-refractivity contribution in [1.82, 2.24) is 0 Å². The first-order chi connectivity index (χ1) is 9.16. The van der Waals surface area contributed by atoms with Crippen LogP contribution in [0.4, 0.5) is 0 Å². The maximum absolute atomic E-state index is 12.5. The highest BCUT2D eigenvalue weighted by Crippen LogP contribution is 2.28. The quantitative estimate of drug-likeness (QED) is 0.576. The highest BCUT2D eigenvalue weighted by atomic mass is 35.5. The fourth-order valence-corrected chi connectivity index (χ4v) is 3.17. The van der Waals surface area contributed by atoms with Crippen LogP contribution in [0.3, 0.4) is 0 Å². The van der Waals surface area contributed by atoms with Gasteiger partial charge >= 0.3 is 0 Å². The van der Waals surface area contributed by atoms with Crippen molar-refractivity contribution in [2.24, 2.45) is 0 Å². The predicted octanol–water partition coefficient (Wildman–Crippen LogP) is 5.44. The summed E-state index contributed by atoms with van der Waals surface area (Å²) >= 11 is 13.4. The molecule has 3 aromatic rings. The van der Waals surface area contributed by atoms with Gasteiger partial charge in [0.2, 0.25) is 0 Å². The molecule has 0 saturated heterocycles. The van der Waals surface area contributed by atoms with E-state index in [2.05, 4.69) is 0 Å². The number of benzene rings is 2. The lowest BCUT2D eigenvalue weighted by Gasteiger charge is -2.04. The predicted molar refractivity (Wildman–Crippen MR) is 81.7 cm³/mol. The summed E-state index contributed by atoms with van der Waals surface area (Å²) in [7, 11) is 0. The largest absolute Gasteiger partial charge is 0.289 e. The molecule has 94 valence electrons. The summed E-state index contributed by atoms with van der Waals surface area (Å²) in [6.07, 6.45) is 0. The van der Waals surface area contributed by atoms with Crippen LogP contribution >= 0.6 is 34.5 Å². The van der Waals surface area contributed by atoms with Gasteiger partial charge in [-0.05, 0) is 41.1 Å². The average molecular weight is 307 g/mol. The monoisotopic (exact) mass is 306 g/mol. The first kappa shape index (κ1) is 12.7. The first-order valence-corrected chi connectivity index (χ1v) is 7.26. The fraction of sp³-hybridized carbons (Fsp3) is 0. The van der Waals surface area contributed by atoms with Crippen molar-refractivity contribution in [2.75, 3.05) is 0 Å². The molecule has 0 amide bonds. The minimum absolute atomic E-state index is 0.0355. The molecule has 0 N–H and O–H groups in total. The second-order valence-corrected chi connectivity index (χ2v) is 5.83. The second-order valence-electron chi connectivity index (χ2n) is 4.10. The van der Waals surface area contributed by atoms with Crippen LogP contribution in [0.5, 0.6) is 0 Å². The number of halogens is 2. The Balaban J connectivity index is 2.13. The Morgan fingerprint density at radius 2 is 1.84 bits per heavy atom. The van der Waals surface area contributed by atoms with Crippen LogP contribution in [0.1, 0.15) is 15.9 Å². The van der Waals surface area contributed by atoms with Crippen molar-refractivity contribution in [1.29, 1.82) is 0 Å². The summed E-state index contributed by atoms with van der Waals surface area (Å²) in [6, 6.07) is 12.7. The third-order valence-corrected chi connectivity index (χ3v) is 4.61. The molecule has 0 bridgehead atoms. The molecule has 0 spiro atoms. The highest BCUT2D eigenvalue weighted by molar-refractivity contribution is 7.17. The van der Waals surface area contributed by atoms with Crippen molar-refractivity contribution in [3.8, 4) is 0 Å². The van der Waals surface area contributed by atoms with Crippen LogP contribution in [0.15, 0.2) is 47.8 Å². The molecular formula is C15H8Cl2OS. The number of hydrogen-bond acceptors (Lipinski definition) is 2. The number of hydrogen-bond donors (Lipinski definition) is 0. The number of fused-ring (bicyclic) bond motifs is 1. The molecule has 4 heteroatoms. The molecule has 0 unspecified atom stereocenters. The van der Waals surface area contributed by atoms with Gasteiger partial charge in [0.15, 0.2) is 5.78 Å². The van der Waals surface area contributed by atoms with Crippen LogP contribution in [-0.2, 0) is 0 Å². The molecule has 2 aromatic carbocycles. The lowest BCUT2D eigenvalue weighted by Crippen LogP contribution is -2.01. The zero-order valence-electron chi connectivity index (χ0n) is 9.69. The van der Waals surface area contributed by atoms with E-state index in [-0.39, 0.29) is 5.78 Å². The van der Waals surface area contributed by atoms with Gasteiger partial charge in [-0.3, -0.25) is 4.79 Å². The summed E-state index contributed by atoms with van der Waals surface area (Å²) < 4.78 is 0.999.